The minimum absolute atomic E-state index is 0.118. The highest BCUT2D eigenvalue weighted by atomic mass is 32.1. The molecule has 4 nitrogen and oxygen atoms in total. The van der Waals surface area contributed by atoms with Gasteiger partial charge in [-0.15, -0.1) is 0 Å². The smallest absolute Gasteiger partial charge is 0.233 e. The number of nitrogens with zero attached hydrogens (tertiary/aromatic N) is 3. The maximum atomic E-state index is 13.3. The molecule has 0 saturated carbocycles. The normalized spacial score (nSPS) is 11.4. The summed E-state index contributed by atoms with van der Waals surface area (Å²) in [5, 5.41) is 0.808. The molecule has 3 rings (SSSR count). The molecule has 0 bridgehead atoms. The minimum Gasteiger partial charge on any atom is -0.309 e. The summed E-state index contributed by atoms with van der Waals surface area (Å²) in [7, 11) is 4.12. The lowest BCUT2D eigenvalue weighted by Gasteiger charge is -2.21. The summed E-state index contributed by atoms with van der Waals surface area (Å²) in [6, 6.07) is 12.7. The molecule has 154 valence electrons. The van der Waals surface area contributed by atoms with Crippen molar-refractivity contribution in [1.82, 2.24) is 9.88 Å². The Kier molecular flexibility index (Phi) is 7.04. The first kappa shape index (κ1) is 21.5. The summed E-state index contributed by atoms with van der Waals surface area (Å²) >= 11 is 1.62. The molecule has 0 N–H and O–H groups in total. The molecule has 0 fully saturated rings. The van der Waals surface area contributed by atoms with Crippen LogP contribution >= 0.6 is 11.3 Å². The lowest BCUT2D eigenvalue weighted by atomic mass is 10.0. The van der Waals surface area contributed by atoms with Crippen LogP contribution in [0.15, 0.2) is 36.4 Å². The van der Waals surface area contributed by atoms with Crippen LogP contribution in [0.25, 0.3) is 10.2 Å². The van der Waals surface area contributed by atoms with Crippen molar-refractivity contribution in [2.75, 3.05) is 32.1 Å². The van der Waals surface area contributed by atoms with Gasteiger partial charge in [-0.25, -0.2) is 4.98 Å². The van der Waals surface area contributed by atoms with E-state index in [-0.39, 0.29) is 5.91 Å². The van der Waals surface area contributed by atoms with E-state index in [0.717, 1.165) is 45.9 Å². The number of thiazole rings is 1. The third-order valence-corrected chi connectivity index (χ3v) is 6.26. The molecule has 2 aromatic carbocycles. The topological polar surface area (TPSA) is 36.4 Å². The van der Waals surface area contributed by atoms with E-state index in [4.69, 9.17) is 4.98 Å². The molecular weight excluding hydrogens is 378 g/mol. The fraction of sp³-hybridized carbons (Fsp3) is 0.417. The van der Waals surface area contributed by atoms with Gasteiger partial charge in [-0.3, -0.25) is 9.69 Å². The summed E-state index contributed by atoms with van der Waals surface area (Å²) in [5.74, 6) is 0.118. The molecule has 0 unspecified atom stereocenters. The highest BCUT2D eigenvalue weighted by Gasteiger charge is 2.20. The lowest BCUT2D eigenvalue weighted by Crippen LogP contribution is -2.34. The molecule has 29 heavy (non-hydrogen) atoms. The van der Waals surface area contributed by atoms with Gasteiger partial charge in [0.15, 0.2) is 5.13 Å². The average molecular weight is 410 g/mol. The SMILES string of the molecule is CCc1ccc2nc(N(CCCN(C)C)C(=O)Cc3cc(C)ccc3C)sc2c1. The highest BCUT2D eigenvalue weighted by Crippen LogP contribution is 2.30. The predicted molar refractivity (Wildman–Crippen MR) is 124 cm³/mol. The number of carbonyl (C=O) groups is 1. The zero-order valence-electron chi connectivity index (χ0n) is 18.2. The average Bonchev–Trinajstić information content (AvgIpc) is 3.10. The zero-order valence-corrected chi connectivity index (χ0v) is 19.0. The summed E-state index contributed by atoms with van der Waals surface area (Å²) in [4.78, 5) is 22.2. The van der Waals surface area contributed by atoms with E-state index >= 15 is 0 Å². The molecular formula is C24H31N3OS. The number of carbonyl (C=O) groups excluding carboxylic acids is 1. The van der Waals surface area contributed by atoms with Gasteiger partial charge in [-0.1, -0.05) is 48.1 Å². The Labute approximate surface area is 178 Å². The number of hydrogen-bond donors (Lipinski definition) is 0. The van der Waals surface area contributed by atoms with Crippen molar-refractivity contribution in [3.8, 4) is 0 Å². The van der Waals surface area contributed by atoms with Crippen LogP contribution in [0.2, 0.25) is 0 Å². The standard InChI is InChI=1S/C24H31N3OS/c1-6-19-10-11-21-22(15-19)29-24(25-21)27(13-7-12-26(4)5)23(28)16-20-14-17(2)8-9-18(20)3/h8-11,14-15H,6-7,12-13,16H2,1-5H3. The summed E-state index contributed by atoms with van der Waals surface area (Å²) in [5.41, 5.74) is 5.72. The number of fused-ring (bicyclic) bond motifs is 1. The molecule has 0 aliphatic carbocycles. The Bertz CT molecular complexity index is 993. The Hall–Kier alpha value is -2.24. The third-order valence-electron chi connectivity index (χ3n) is 5.22. The lowest BCUT2D eigenvalue weighted by molar-refractivity contribution is -0.118. The number of hydrogen-bond acceptors (Lipinski definition) is 4. The molecule has 1 heterocycles. The van der Waals surface area contributed by atoms with Crippen LogP contribution in [0.5, 0.6) is 0 Å². The maximum Gasteiger partial charge on any atom is 0.233 e. The minimum atomic E-state index is 0.118. The molecule has 1 amide bonds. The van der Waals surface area contributed by atoms with Crippen LogP contribution in [0, 0.1) is 13.8 Å². The quantitative estimate of drug-likeness (QED) is 0.525. The Balaban J connectivity index is 1.89. The molecule has 0 atom stereocenters. The van der Waals surface area contributed by atoms with E-state index in [9.17, 15) is 4.79 Å². The first-order valence-corrected chi connectivity index (χ1v) is 11.1. The first-order valence-electron chi connectivity index (χ1n) is 10.3. The van der Waals surface area contributed by atoms with E-state index in [1.54, 1.807) is 11.3 Å². The van der Waals surface area contributed by atoms with E-state index in [1.165, 1.54) is 11.1 Å². The van der Waals surface area contributed by atoms with Gasteiger partial charge >= 0.3 is 0 Å². The van der Waals surface area contributed by atoms with Gasteiger partial charge in [0.2, 0.25) is 5.91 Å². The summed E-state index contributed by atoms with van der Waals surface area (Å²) in [6.07, 6.45) is 2.33. The van der Waals surface area contributed by atoms with E-state index < -0.39 is 0 Å². The predicted octanol–water partition coefficient (Wildman–Crippen LogP) is 5.00. The van der Waals surface area contributed by atoms with Crippen LogP contribution in [0.4, 0.5) is 5.13 Å². The van der Waals surface area contributed by atoms with Crippen molar-refractivity contribution in [2.24, 2.45) is 0 Å². The molecule has 0 radical (unpaired) electrons. The summed E-state index contributed by atoms with van der Waals surface area (Å²) in [6.45, 7) is 7.92. The molecule has 0 spiro atoms. The van der Waals surface area contributed by atoms with Gasteiger partial charge in [0.1, 0.15) is 0 Å². The van der Waals surface area contributed by atoms with Gasteiger partial charge in [0, 0.05) is 6.54 Å². The van der Waals surface area contributed by atoms with Gasteiger partial charge < -0.3 is 4.90 Å². The van der Waals surface area contributed by atoms with Crippen molar-refractivity contribution in [1.29, 1.82) is 0 Å². The third kappa shape index (κ3) is 5.43. The molecule has 0 aliphatic heterocycles. The van der Waals surface area contributed by atoms with Crippen molar-refractivity contribution in [3.63, 3.8) is 0 Å². The zero-order chi connectivity index (χ0) is 21.0. The number of rotatable bonds is 8. The fourth-order valence-corrected chi connectivity index (χ4v) is 4.49. The number of amides is 1. The second-order valence-corrected chi connectivity index (χ2v) is 8.97. The number of aryl methyl sites for hydroxylation is 3. The van der Waals surface area contributed by atoms with E-state index in [2.05, 4.69) is 76.2 Å². The van der Waals surface area contributed by atoms with Crippen LogP contribution in [-0.4, -0.2) is 43.0 Å². The fourth-order valence-electron chi connectivity index (χ4n) is 3.41. The van der Waals surface area contributed by atoms with Gasteiger partial charge in [0.25, 0.3) is 0 Å². The molecule has 3 aromatic rings. The Morgan fingerprint density at radius 2 is 1.86 bits per heavy atom. The Morgan fingerprint density at radius 3 is 2.59 bits per heavy atom. The van der Waals surface area contributed by atoms with Crippen molar-refractivity contribution in [2.45, 2.75) is 40.0 Å². The van der Waals surface area contributed by atoms with Crippen molar-refractivity contribution in [3.05, 3.63) is 58.7 Å². The first-order chi connectivity index (χ1) is 13.9. The summed E-state index contributed by atoms with van der Waals surface area (Å²) < 4.78 is 1.15. The second-order valence-electron chi connectivity index (χ2n) is 7.96. The maximum absolute atomic E-state index is 13.3. The number of benzene rings is 2. The molecule has 5 heteroatoms. The van der Waals surface area contributed by atoms with Crippen molar-refractivity contribution >= 4 is 32.6 Å². The second kappa shape index (κ2) is 9.51. The van der Waals surface area contributed by atoms with Gasteiger partial charge in [-0.2, -0.15) is 0 Å². The van der Waals surface area contributed by atoms with Crippen LogP contribution < -0.4 is 4.90 Å². The number of aromatic nitrogens is 1. The van der Waals surface area contributed by atoms with Gasteiger partial charge in [0.05, 0.1) is 16.6 Å². The van der Waals surface area contributed by atoms with Crippen LogP contribution in [0.3, 0.4) is 0 Å². The van der Waals surface area contributed by atoms with E-state index in [1.807, 2.05) is 4.90 Å². The Morgan fingerprint density at radius 1 is 1.07 bits per heavy atom. The largest absolute Gasteiger partial charge is 0.309 e. The van der Waals surface area contributed by atoms with Gasteiger partial charge in [-0.05, 0) is 76.2 Å². The van der Waals surface area contributed by atoms with Crippen molar-refractivity contribution < 1.29 is 4.79 Å². The molecule has 1 aromatic heterocycles. The van der Waals surface area contributed by atoms with E-state index in [0.29, 0.717) is 13.0 Å². The highest BCUT2D eigenvalue weighted by molar-refractivity contribution is 7.22. The van der Waals surface area contributed by atoms with Crippen LogP contribution in [-0.2, 0) is 17.6 Å². The monoisotopic (exact) mass is 409 g/mol. The molecule has 0 saturated heterocycles. The number of anilines is 1. The molecule has 0 aliphatic rings. The van der Waals surface area contributed by atoms with Crippen LogP contribution in [0.1, 0.15) is 35.6 Å².